The van der Waals surface area contributed by atoms with Crippen molar-refractivity contribution in [2.75, 3.05) is 38.2 Å². The minimum Gasteiger partial charge on any atom is -0.379 e. The van der Waals surface area contributed by atoms with Crippen molar-refractivity contribution in [1.82, 2.24) is 9.62 Å². The molecule has 0 bridgehead atoms. The first kappa shape index (κ1) is 17.2. The monoisotopic (exact) mass is 342 g/mol. The second-order valence-electron chi connectivity index (χ2n) is 4.93. The van der Waals surface area contributed by atoms with Gasteiger partial charge in [0.2, 0.25) is 5.91 Å². The van der Waals surface area contributed by atoms with Crippen LogP contribution in [-0.4, -0.2) is 58.1 Å². The summed E-state index contributed by atoms with van der Waals surface area (Å²) in [6.07, 6.45) is 0. The molecule has 1 aliphatic rings. The fourth-order valence-electron chi connectivity index (χ4n) is 2.07. The standard InChI is InChI=1S/C13H18N4O5S/c14-13(19)16-23(20,21)11-3-1-10(2-4-11)15-12(18)9-17-5-7-22-8-6-17/h1-4H,5-9H2,(H,15,18)(H3,14,16,19). The number of nitrogens with two attached hydrogens (primary N) is 1. The number of nitrogens with one attached hydrogen (secondary N) is 2. The number of hydrogen-bond donors (Lipinski definition) is 3. The number of rotatable bonds is 5. The molecule has 0 unspecified atom stereocenters. The fourth-order valence-corrected chi connectivity index (χ4v) is 2.95. The number of carbonyl (C=O) groups excluding carboxylic acids is 2. The van der Waals surface area contributed by atoms with Crippen molar-refractivity contribution in [3.8, 4) is 0 Å². The van der Waals surface area contributed by atoms with E-state index >= 15 is 0 Å². The predicted molar refractivity (Wildman–Crippen MR) is 82.2 cm³/mol. The number of ether oxygens (including phenoxy) is 1. The van der Waals surface area contributed by atoms with Gasteiger partial charge in [0.1, 0.15) is 0 Å². The lowest BCUT2D eigenvalue weighted by molar-refractivity contribution is -0.118. The number of anilines is 1. The number of nitrogens with zero attached hydrogens (tertiary/aromatic N) is 1. The van der Waals surface area contributed by atoms with Gasteiger partial charge in [-0.1, -0.05) is 0 Å². The van der Waals surface area contributed by atoms with Gasteiger partial charge < -0.3 is 15.8 Å². The van der Waals surface area contributed by atoms with Crippen LogP contribution in [0.4, 0.5) is 10.5 Å². The van der Waals surface area contributed by atoms with Crippen molar-refractivity contribution in [3.05, 3.63) is 24.3 Å². The first-order chi connectivity index (χ1) is 10.9. The third kappa shape index (κ3) is 5.20. The minimum atomic E-state index is -3.99. The molecule has 1 aliphatic heterocycles. The number of primary amides is 1. The zero-order valence-electron chi connectivity index (χ0n) is 12.3. The maximum absolute atomic E-state index is 11.9. The molecule has 0 saturated carbocycles. The summed E-state index contributed by atoms with van der Waals surface area (Å²) >= 11 is 0. The van der Waals surface area contributed by atoms with Crippen molar-refractivity contribution >= 4 is 27.6 Å². The first-order valence-electron chi connectivity index (χ1n) is 6.89. The van der Waals surface area contributed by atoms with E-state index in [0.29, 0.717) is 32.0 Å². The molecule has 9 nitrogen and oxygen atoms in total. The lowest BCUT2D eigenvalue weighted by Gasteiger charge is -2.25. The first-order valence-corrected chi connectivity index (χ1v) is 8.37. The van der Waals surface area contributed by atoms with Gasteiger partial charge in [-0.05, 0) is 24.3 Å². The highest BCUT2D eigenvalue weighted by molar-refractivity contribution is 7.90. The molecule has 0 spiro atoms. The molecule has 3 amide bonds. The normalized spacial score (nSPS) is 15.8. The SMILES string of the molecule is NC(=O)NS(=O)(=O)c1ccc(NC(=O)CN2CCOCC2)cc1. The lowest BCUT2D eigenvalue weighted by atomic mass is 10.3. The highest BCUT2D eigenvalue weighted by Crippen LogP contribution is 2.14. The average Bonchev–Trinajstić information content (AvgIpc) is 2.47. The van der Waals surface area contributed by atoms with Gasteiger partial charge >= 0.3 is 6.03 Å². The maximum atomic E-state index is 11.9. The molecule has 10 heteroatoms. The van der Waals surface area contributed by atoms with Crippen LogP contribution >= 0.6 is 0 Å². The fraction of sp³-hybridized carbons (Fsp3) is 0.385. The van der Waals surface area contributed by atoms with Gasteiger partial charge in [-0.2, -0.15) is 0 Å². The predicted octanol–water partition coefficient (Wildman–Crippen LogP) is -0.686. The van der Waals surface area contributed by atoms with Crippen molar-refractivity contribution in [3.63, 3.8) is 0 Å². The van der Waals surface area contributed by atoms with E-state index in [2.05, 4.69) is 5.32 Å². The summed E-state index contributed by atoms with van der Waals surface area (Å²) < 4.78 is 30.3. The molecule has 0 radical (unpaired) electrons. The van der Waals surface area contributed by atoms with Gasteiger partial charge in [-0.25, -0.2) is 17.9 Å². The smallest absolute Gasteiger partial charge is 0.326 e. The molecule has 1 aromatic rings. The van der Waals surface area contributed by atoms with Crippen LogP contribution < -0.4 is 15.8 Å². The van der Waals surface area contributed by atoms with Crippen LogP contribution in [0.15, 0.2) is 29.2 Å². The Hall–Kier alpha value is -2.17. The largest absolute Gasteiger partial charge is 0.379 e. The summed E-state index contributed by atoms with van der Waals surface area (Å²) in [5, 5.41) is 2.68. The zero-order valence-corrected chi connectivity index (χ0v) is 13.1. The van der Waals surface area contributed by atoms with Crippen LogP contribution in [0.2, 0.25) is 0 Å². The maximum Gasteiger partial charge on any atom is 0.326 e. The molecular weight excluding hydrogens is 324 g/mol. The second-order valence-corrected chi connectivity index (χ2v) is 6.61. The Kier molecular flexibility index (Phi) is 5.53. The zero-order chi connectivity index (χ0) is 16.9. The van der Waals surface area contributed by atoms with E-state index in [4.69, 9.17) is 10.5 Å². The highest BCUT2D eigenvalue weighted by atomic mass is 32.2. The number of benzene rings is 1. The van der Waals surface area contributed by atoms with Crippen molar-refractivity contribution in [1.29, 1.82) is 0 Å². The van der Waals surface area contributed by atoms with Crippen molar-refractivity contribution in [2.24, 2.45) is 5.73 Å². The van der Waals surface area contributed by atoms with Crippen molar-refractivity contribution in [2.45, 2.75) is 4.90 Å². The van der Waals surface area contributed by atoms with Crippen LogP contribution in [-0.2, 0) is 19.6 Å². The molecule has 0 atom stereocenters. The van der Waals surface area contributed by atoms with E-state index in [1.807, 2.05) is 4.90 Å². The molecule has 1 heterocycles. The quantitative estimate of drug-likeness (QED) is 0.649. The summed E-state index contributed by atoms with van der Waals surface area (Å²) in [6, 6.07) is 4.26. The van der Waals surface area contributed by atoms with Crippen LogP contribution in [0.25, 0.3) is 0 Å². The Labute approximate surface area is 133 Å². The number of urea groups is 1. The molecule has 1 saturated heterocycles. The number of morpholine rings is 1. The number of sulfonamides is 1. The molecule has 1 aromatic carbocycles. The van der Waals surface area contributed by atoms with Gasteiger partial charge in [-0.15, -0.1) is 0 Å². The van der Waals surface area contributed by atoms with Gasteiger partial charge in [0.05, 0.1) is 24.7 Å². The average molecular weight is 342 g/mol. The summed E-state index contributed by atoms with van der Waals surface area (Å²) in [6.45, 7) is 2.85. The van der Waals surface area contributed by atoms with Gasteiger partial charge in [0.15, 0.2) is 0 Å². The van der Waals surface area contributed by atoms with Crippen LogP contribution in [0.1, 0.15) is 0 Å². The lowest BCUT2D eigenvalue weighted by Crippen LogP contribution is -2.41. The summed E-state index contributed by atoms with van der Waals surface area (Å²) in [4.78, 5) is 24.4. The van der Waals surface area contributed by atoms with Crippen LogP contribution in [0.5, 0.6) is 0 Å². The summed E-state index contributed by atoms with van der Waals surface area (Å²) in [5.41, 5.74) is 5.26. The Morgan fingerprint density at radius 1 is 1.17 bits per heavy atom. The van der Waals surface area contributed by atoms with Gasteiger partial charge in [0, 0.05) is 18.8 Å². The molecule has 23 heavy (non-hydrogen) atoms. The van der Waals surface area contributed by atoms with Crippen LogP contribution in [0, 0.1) is 0 Å². The van der Waals surface area contributed by atoms with E-state index in [0.717, 1.165) is 0 Å². The van der Waals surface area contributed by atoms with Crippen LogP contribution in [0.3, 0.4) is 0 Å². The van der Waals surface area contributed by atoms with E-state index in [1.165, 1.54) is 24.3 Å². The number of hydrogen-bond acceptors (Lipinski definition) is 6. The van der Waals surface area contributed by atoms with E-state index in [-0.39, 0.29) is 17.3 Å². The Morgan fingerprint density at radius 3 is 2.35 bits per heavy atom. The molecule has 0 aliphatic carbocycles. The summed E-state index contributed by atoms with van der Waals surface area (Å²) in [7, 11) is -3.99. The van der Waals surface area contributed by atoms with E-state index in [1.54, 1.807) is 4.72 Å². The topological polar surface area (TPSA) is 131 Å². The van der Waals surface area contributed by atoms with E-state index in [9.17, 15) is 18.0 Å². The third-order valence-electron chi connectivity index (χ3n) is 3.15. The minimum absolute atomic E-state index is 0.123. The Balaban J connectivity index is 1.94. The summed E-state index contributed by atoms with van der Waals surface area (Å²) in [5.74, 6) is -0.197. The third-order valence-corrected chi connectivity index (χ3v) is 4.52. The van der Waals surface area contributed by atoms with E-state index < -0.39 is 16.1 Å². The highest BCUT2D eigenvalue weighted by Gasteiger charge is 2.17. The molecule has 126 valence electrons. The molecule has 1 fully saturated rings. The Morgan fingerprint density at radius 2 is 1.78 bits per heavy atom. The van der Waals surface area contributed by atoms with Gasteiger partial charge in [0.25, 0.3) is 10.0 Å². The molecule has 2 rings (SSSR count). The molecule has 4 N–H and O–H groups in total. The number of amides is 3. The second kappa shape index (κ2) is 7.40. The van der Waals surface area contributed by atoms with Crippen molar-refractivity contribution < 1.29 is 22.7 Å². The number of carbonyl (C=O) groups is 2. The molecular formula is C13H18N4O5S. The van der Waals surface area contributed by atoms with Gasteiger partial charge in [-0.3, -0.25) is 9.69 Å². The molecule has 0 aromatic heterocycles. The Bertz CT molecular complexity index is 668.